The predicted molar refractivity (Wildman–Crippen MR) is 133 cm³/mol. The molecule has 0 aliphatic carbocycles. The van der Waals surface area contributed by atoms with Crippen LogP contribution in [0.3, 0.4) is 0 Å². The first-order valence-electron chi connectivity index (χ1n) is 12.1. The number of amides is 3. The molecule has 38 heavy (non-hydrogen) atoms. The zero-order chi connectivity index (χ0) is 28.2. The summed E-state index contributed by atoms with van der Waals surface area (Å²) in [6.07, 6.45) is 3.60. The first kappa shape index (κ1) is 30.0. The number of H-pyrrole nitrogens is 1. The maximum Gasteiger partial charge on any atom is 0.326 e. The van der Waals surface area contributed by atoms with Crippen LogP contribution in [0.4, 0.5) is 0 Å². The van der Waals surface area contributed by atoms with E-state index >= 15 is 0 Å². The zero-order valence-electron chi connectivity index (χ0n) is 20.8. The number of imidazole rings is 1. The molecule has 0 bridgehead atoms. The largest absolute Gasteiger partial charge is 0.481 e. The summed E-state index contributed by atoms with van der Waals surface area (Å²) in [6, 6.07) is -4.43. The molecule has 210 valence electrons. The van der Waals surface area contributed by atoms with E-state index in [4.69, 9.17) is 22.3 Å². The summed E-state index contributed by atoms with van der Waals surface area (Å²) in [5.74, 6) is -4.40. The van der Waals surface area contributed by atoms with Gasteiger partial charge in [0.05, 0.1) is 12.4 Å². The third kappa shape index (κ3) is 9.34. The van der Waals surface area contributed by atoms with Crippen LogP contribution in [-0.2, 0) is 30.4 Å². The van der Waals surface area contributed by atoms with E-state index in [1.54, 1.807) is 0 Å². The van der Waals surface area contributed by atoms with Gasteiger partial charge in [0.25, 0.3) is 0 Å². The van der Waals surface area contributed by atoms with Crippen molar-refractivity contribution < 1.29 is 34.2 Å². The second-order valence-electron chi connectivity index (χ2n) is 8.92. The summed E-state index contributed by atoms with van der Waals surface area (Å²) in [5.41, 5.74) is 17.0. The number of carboxylic acids is 2. The molecule has 0 aromatic carbocycles. The fourth-order valence-corrected chi connectivity index (χ4v) is 4.05. The Labute approximate surface area is 218 Å². The Morgan fingerprint density at radius 3 is 2.50 bits per heavy atom. The summed E-state index contributed by atoms with van der Waals surface area (Å²) in [4.78, 5) is 73.3. The van der Waals surface area contributed by atoms with E-state index < -0.39 is 53.8 Å². The molecule has 1 aliphatic rings. The van der Waals surface area contributed by atoms with Gasteiger partial charge < -0.3 is 47.9 Å². The lowest BCUT2D eigenvalue weighted by Crippen LogP contribution is -2.56. The number of guanidine groups is 1. The average molecular weight is 538 g/mol. The molecule has 1 aromatic heterocycles. The standard InChI is InChI=1S/C22H35N9O7/c23-13(5-6-17(32)33)20(36)31-8-2-4-16(31)19(35)29-14(3-1-7-27-22(24)25)18(34)30-15(21(37)38)9-12-10-26-11-28-12/h10-11,13-16H,1-9,23H2,(H,26,28)(H,29,35)(H,30,34)(H,32,33)(H,37,38)(H4,24,25,27). The molecule has 16 nitrogen and oxygen atoms in total. The highest BCUT2D eigenvalue weighted by Gasteiger charge is 2.38. The molecule has 1 aliphatic heterocycles. The smallest absolute Gasteiger partial charge is 0.326 e. The Morgan fingerprint density at radius 1 is 1.16 bits per heavy atom. The monoisotopic (exact) mass is 537 g/mol. The highest BCUT2D eigenvalue weighted by Crippen LogP contribution is 2.20. The molecule has 1 fully saturated rings. The second kappa shape index (κ2) is 14.5. The van der Waals surface area contributed by atoms with Gasteiger partial charge in [0.2, 0.25) is 17.7 Å². The number of likely N-dealkylation sites (tertiary alicyclic amines) is 1. The van der Waals surface area contributed by atoms with Gasteiger partial charge >= 0.3 is 11.9 Å². The van der Waals surface area contributed by atoms with Crippen LogP contribution < -0.4 is 27.8 Å². The van der Waals surface area contributed by atoms with E-state index in [2.05, 4.69) is 25.6 Å². The van der Waals surface area contributed by atoms with Gasteiger partial charge in [-0.05, 0) is 32.1 Å². The van der Waals surface area contributed by atoms with Crippen molar-refractivity contribution in [3.8, 4) is 0 Å². The van der Waals surface area contributed by atoms with Crippen molar-refractivity contribution in [2.75, 3.05) is 13.1 Å². The van der Waals surface area contributed by atoms with Crippen molar-refractivity contribution in [1.82, 2.24) is 25.5 Å². The molecule has 16 heteroatoms. The third-order valence-electron chi connectivity index (χ3n) is 6.00. The van der Waals surface area contributed by atoms with Gasteiger partial charge in [-0.3, -0.25) is 24.2 Å². The van der Waals surface area contributed by atoms with Crippen LogP contribution >= 0.6 is 0 Å². The van der Waals surface area contributed by atoms with Crippen LogP contribution in [-0.4, -0.2) is 98.0 Å². The number of nitrogens with two attached hydrogens (primary N) is 3. The SMILES string of the molecule is NC(N)=NCCCC(NC(=O)C1CCCN1C(=O)C(N)CCC(=O)O)C(=O)NC(Cc1cnc[nH]1)C(=O)O. The number of aliphatic carboxylic acids is 2. The van der Waals surface area contributed by atoms with Crippen LogP contribution in [0, 0.1) is 0 Å². The quantitative estimate of drug-likeness (QED) is 0.0644. The maximum absolute atomic E-state index is 13.2. The van der Waals surface area contributed by atoms with Crippen LogP contribution in [0.15, 0.2) is 17.5 Å². The molecular formula is C22H35N9O7. The van der Waals surface area contributed by atoms with Gasteiger partial charge in [-0.15, -0.1) is 0 Å². The molecule has 1 saturated heterocycles. The van der Waals surface area contributed by atoms with E-state index in [1.165, 1.54) is 17.4 Å². The van der Waals surface area contributed by atoms with E-state index in [0.717, 1.165) is 0 Å². The molecule has 0 spiro atoms. The Kier molecular flexibility index (Phi) is 11.5. The molecule has 2 rings (SSSR count). The summed E-state index contributed by atoms with van der Waals surface area (Å²) in [6.45, 7) is 0.426. The van der Waals surface area contributed by atoms with Crippen molar-refractivity contribution in [3.63, 3.8) is 0 Å². The van der Waals surface area contributed by atoms with Crippen LogP contribution in [0.2, 0.25) is 0 Å². The third-order valence-corrected chi connectivity index (χ3v) is 6.00. The normalized spacial score (nSPS) is 17.2. The highest BCUT2D eigenvalue weighted by molar-refractivity contribution is 5.94. The van der Waals surface area contributed by atoms with Crippen molar-refractivity contribution >= 4 is 35.6 Å². The van der Waals surface area contributed by atoms with Crippen LogP contribution in [0.1, 0.15) is 44.2 Å². The highest BCUT2D eigenvalue weighted by atomic mass is 16.4. The Hall–Kier alpha value is -4.21. The Balaban J connectivity index is 2.11. The number of aromatic nitrogens is 2. The van der Waals surface area contributed by atoms with Crippen LogP contribution in [0.5, 0.6) is 0 Å². The average Bonchev–Trinajstić information content (AvgIpc) is 3.55. The lowest BCUT2D eigenvalue weighted by Gasteiger charge is -2.28. The number of aliphatic imine (C=N–C) groups is 1. The fourth-order valence-electron chi connectivity index (χ4n) is 4.05. The molecular weight excluding hydrogens is 502 g/mol. The minimum atomic E-state index is -1.29. The van der Waals surface area contributed by atoms with Gasteiger partial charge in [-0.2, -0.15) is 0 Å². The second-order valence-corrected chi connectivity index (χ2v) is 8.92. The Morgan fingerprint density at radius 2 is 1.89 bits per heavy atom. The van der Waals surface area contributed by atoms with Crippen LogP contribution in [0.25, 0.3) is 0 Å². The number of hydrogen-bond donors (Lipinski definition) is 8. The molecule has 0 saturated carbocycles. The van der Waals surface area contributed by atoms with Crippen molar-refractivity contribution in [2.45, 2.75) is 69.1 Å². The lowest BCUT2D eigenvalue weighted by molar-refractivity contribution is -0.143. The number of carbonyl (C=O) groups excluding carboxylic acids is 3. The predicted octanol–water partition coefficient (Wildman–Crippen LogP) is -2.76. The van der Waals surface area contributed by atoms with Crippen molar-refractivity contribution in [2.24, 2.45) is 22.2 Å². The topological polar surface area (TPSA) is 272 Å². The summed E-state index contributed by atoms with van der Waals surface area (Å²) in [7, 11) is 0. The molecule has 4 unspecified atom stereocenters. The van der Waals surface area contributed by atoms with Gasteiger partial charge in [-0.1, -0.05) is 0 Å². The molecule has 2 heterocycles. The number of carbonyl (C=O) groups is 5. The summed E-state index contributed by atoms with van der Waals surface area (Å²) >= 11 is 0. The molecule has 1 aromatic rings. The van der Waals surface area contributed by atoms with Gasteiger partial charge in [0.15, 0.2) is 5.96 Å². The first-order valence-corrected chi connectivity index (χ1v) is 12.1. The Bertz CT molecular complexity index is 1010. The van der Waals surface area contributed by atoms with Gasteiger partial charge in [-0.25, -0.2) is 9.78 Å². The van der Waals surface area contributed by atoms with E-state index in [1.807, 2.05) is 0 Å². The number of nitrogens with one attached hydrogen (secondary N) is 3. The van der Waals surface area contributed by atoms with Crippen molar-refractivity contribution in [3.05, 3.63) is 18.2 Å². The molecule has 3 amide bonds. The lowest BCUT2D eigenvalue weighted by atomic mass is 10.1. The van der Waals surface area contributed by atoms with Crippen molar-refractivity contribution in [1.29, 1.82) is 0 Å². The van der Waals surface area contributed by atoms with Gasteiger partial charge in [0, 0.05) is 37.8 Å². The summed E-state index contributed by atoms with van der Waals surface area (Å²) < 4.78 is 0. The molecule has 0 radical (unpaired) electrons. The number of aromatic amines is 1. The molecule has 11 N–H and O–H groups in total. The number of nitrogens with zero attached hydrogens (tertiary/aromatic N) is 3. The fraction of sp³-hybridized carbons (Fsp3) is 0.591. The zero-order valence-corrected chi connectivity index (χ0v) is 20.8. The minimum Gasteiger partial charge on any atom is -0.481 e. The number of hydrogen-bond acceptors (Lipinski definition) is 8. The first-order chi connectivity index (χ1) is 18.0. The number of carboxylic acid groups (broad SMARTS) is 2. The van der Waals surface area contributed by atoms with Gasteiger partial charge in [0.1, 0.15) is 18.1 Å². The minimum absolute atomic E-state index is 0.0606. The summed E-state index contributed by atoms with van der Waals surface area (Å²) in [5, 5.41) is 23.5. The van der Waals surface area contributed by atoms with E-state index in [9.17, 15) is 29.1 Å². The number of rotatable bonds is 15. The van der Waals surface area contributed by atoms with E-state index in [0.29, 0.717) is 25.0 Å². The van der Waals surface area contributed by atoms with E-state index in [-0.39, 0.29) is 44.7 Å². The maximum atomic E-state index is 13.2. The molecule has 4 atom stereocenters.